The van der Waals surface area contributed by atoms with Crippen LogP contribution in [0.2, 0.25) is 0 Å². The van der Waals surface area contributed by atoms with Gasteiger partial charge in [-0.2, -0.15) is 0 Å². The second-order valence-corrected chi connectivity index (χ2v) is 8.37. The molecule has 148 valence electrons. The first-order valence-corrected chi connectivity index (χ1v) is 9.56. The van der Waals surface area contributed by atoms with Crippen molar-refractivity contribution >= 4 is 23.2 Å². The summed E-state index contributed by atoms with van der Waals surface area (Å²) < 4.78 is 5.34. The molecule has 0 saturated carbocycles. The van der Waals surface area contributed by atoms with Crippen LogP contribution < -0.4 is 15.0 Å². The first-order valence-electron chi connectivity index (χ1n) is 9.56. The van der Waals surface area contributed by atoms with Crippen LogP contribution in [0.3, 0.4) is 0 Å². The quantitative estimate of drug-likeness (QED) is 0.861. The van der Waals surface area contributed by atoms with Crippen molar-refractivity contribution in [2.45, 2.75) is 39.5 Å². The topological polar surface area (TPSA) is 58.6 Å². The number of hydrogen-bond donors (Lipinski definition) is 1. The van der Waals surface area contributed by atoms with Crippen LogP contribution in [0.5, 0.6) is 5.75 Å². The van der Waals surface area contributed by atoms with E-state index in [9.17, 15) is 9.59 Å². The molecule has 0 bridgehead atoms. The summed E-state index contributed by atoms with van der Waals surface area (Å²) >= 11 is 0. The number of hydrogen-bond acceptors (Lipinski definition) is 3. The molecule has 1 fully saturated rings. The summed E-state index contributed by atoms with van der Waals surface area (Å²) in [6.45, 7) is 8.72. The summed E-state index contributed by atoms with van der Waals surface area (Å²) in [4.78, 5) is 27.3. The summed E-state index contributed by atoms with van der Waals surface area (Å²) in [5.41, 5.74) is 3.56. The number of methoxy groups -OCH3 is 1. The van der Waals surface area contributed by atoms with Crippen LogP contribution in [0.15, 0.2) is 42.5 Å². The lowest BCUT2D eigenvalue weighted by Crippen LogP contribution is -2.30. The molecule has 1 atom stereocenters. The van der Waals surface area contributed by atoms with Gasteiger partial charge >= 0.3 is 0 Å². The Kier molecular flexibility index (Phi) is 5.45. The second kappa shape index (κ2) is 7.66. The standard InChI is InChI=1S/C23H28N2O3/c1-15-10-11-20(28-5)18(12-15)24-22(27)16-13-21(26)25(14-16)19-9-7-6-8-17(19)23(2,3)4/h6-12,16H,13-14H2,1-5H3,(H,24,27). The Labute approximate surface area is 166 Å². The molecule has 5 heteroatoms. The molecule has 0 aromatic heterocycles. The molecular weight excluding hydrogens is 352 g/mol. The Bertz CT molecular complexity index is 899. The zero-order valence-corrected chi connectivity index (χ0v) is 17.2. The first kappa shape index (κ1) is 19.9. The highest BCUT2D eigenvalue weighted by atomic mass is 16.5. The van der Waals surface area contributed by atoms with Crippen molar-refractivity contribution in [3.8, 4) is 5.75 Å². The predicted octanol–water partition coefficient (Wildman–Crippen LogP) is 4.29. The SMILES string of the molecule is COc1ccc(C)cc1NC(=O)C1CC(=O)N(c2ccccc2C(C)(C)C)C1. The molecule has 1 aliphatic rings. The second-order valence-electron chi connectivity index (χ2n) is 8.37. The third-order valence-electron chi connectivity index (χ3n) is 5.11. The summed E-state index contributed by atoms with van der Waals surface area (Å²) in [5.74, 6) is 0.0324. The van der Waals surface area contributed by atoms with E-state index >= 15 is 0 Å². The number of nitrogens with zero attached hydrogens (tertiary/aromatic N) is 1. The highest BCUT2D eigenvalue weighted by molar-refractivity contribution is 6.04. The molecule has 0 spiro atoms. The van der Waals surface area contributed by atoms with Crippen LogP contribution in [0.1, 0.15) is 38.3 Å². The van der Waals surface area contributed by atoms with Crippen molar-refractivity contribution < 1.29 is 14.3 Å². The van der Waals surface area contributed by atoms with Crippen LogP contribution in [0.4, 0.5) is 11.4 Å². The zero-order chi connectivity index (χ0) is 20.5. The van der Waals surface area contributed by atoms with E-state index in [1.807, 2.05) is 49.4 Å². The van der Waals surface area contributed by atoms with Gasteiger partial charge in [-0.15, -0.1) is 0 Å². The van der Waals surface area contributed by atoms with Gasteiger partial charge in [0.15, 0.2) is 0 Å². The maximum Gasteiger partial charge on any atom is 0.229 e. The van der Waals surface area contributed by atoms with Crippen molar-refractivity contribution in [1.82, 2.24) is 0 Å². The van der Waals surface area contributed by atoms with E-state index in [2.05, 4.69) is 26.1 Å². The number of nitrogens with one attached hydrogen (secondary N) is 1. The fraction of sp³-hybridized carbons (Fsp3) is 0.391. The summed E-state index contributed by atoms with van der Waals surface area (Å²) in [6.07, 6.45) is 0.207. The van der Waals surface area contributed by atoms with Crippen molar-refractivity contribution in [2.24, 2.45) is 5.92 Å². The number of carbonyl (C=O) groups is 2. The molecule has 28 heavy (non-hydrogen) atoms. The lowest BCUT2D eigenvalue weighted by atomic mass is 9.85. The summed E-state index contributed by atoms with van der Waals surface area (Å²) in [6, 6.07) is 13.6. The van der Waals surface area contributed by atoms with Crippen LogP contribution in [-0.4, -0.2) is 25.5 Å². The normalized spacial score (nSPS) is 17.0. The van der Waals surface area contributed by atoms with E-state index in [0.717, 1.165) is 16.8 Å². The molecular formula is C23H28N2O3. The molecule has 5 nitrogen and oxygen atoms in total. The van der Waals surface area contributed by atoms with Gasteiger partial charge in [-0.05, 0) is 41.7 Å². The van der Waals surface area contributed by atoms with Crippen LogP contribution >= 0.6 is 0 Å². The van der Waals surface area contributed by atoms with E-state index in [1.165, 1.54) is 0 Å². The lowest BCUT2D eigenvalue weighted by molar-refractivity contribution is -0.122. The molecule has 2 amide bonds. The number of benzene rings is 2. The highest BCUT2D eigenvalue weighted by Gasteiger charge is 2.37. The van der Waals surface area contributed by atoms with Gasteiger partial charge in [0.25, 0.3) is 0 Å². The number of rotatable bonds is 4. The smallest absolute Gasteiger partial charge is 0.229 e. The molecule has 0 radical (unpaired) electrons. The number of para-hydroxylation sites is 1. The first-order chi connectivity index (χ1) is 13.2. The fourth-order valence-corrected chi connectivity index (χ4v) is 3.61. The molecule has 1 aliphatic heterocycles. The largest absolute Gasteiger partial charge is 0.495 e. The van der Waals surface area contributed by atoms with Gasteiger partial charge in [-0.1, -0.05) is 45.0 Å². The molecule has 0 aliphatic carbocycles. The Hall–Kier alpha value is -2.82. The van der Waals surface area contributed by atoms with E-state index < -0.39 is 5.92 Å². The highest BCUT2D eigenvalue weighted by Crippen LogP contribution is 2.35. The third-order valence-corrected chi connectivity index (χ3v) is 5.11. The van der Waals surface area contributed by atoms with Crippen molar-refractivity contribution in [2.75, 3.05) is 23.9 Å². The molecule has 1 N–H and O–H groups in total. The maximum absolute atomic E-state index is 12.9. The molecule has 2 aromatic carbocycles. The van der Waals surface area contributed by atoms with Gasteiger partial charge in [-0.3, -0.25) is 9.59 Å². The Morgan fingerprint density at radius 3 is 2.57 bits per heavy atom. The molecule has 2 aromatic rings. The summed E-state index contributed by atoms with van der Waals surface area (Å²) in [5, 5.41) is 2.94. The number of ether oxygens (including phenoxy) is 1. The van der Waals surface area contributed by atoms with Gasteiger partial charge in [0.05, 0.1) is 18.7 Å². The third kappa shape index (κ3) is 4.03. The lowest BCUT2D eigenvalue weighted by Gasteiger charge is -2.27. The summed E-state index contributed by atoms with van der Waals surface area (Å²) in [7, 11) is 1.57. The predicted molar refractivity (Wildman–Crippen MR) is 112 cm³/mol. The molecule has 1 saturated heterocycles. The van der Waals surface area contributed by atoms with E-state index in [0.29, 0.717) is 18.0 Å². The number of aryl methyl sites for hydroxylation is 1. The van der Waals surface area contributed by atoms with Gasteiger partial charge in [0.2, 0.25) is 11.8 Å². The number of anilines is 2. The van der Waals surface area contributed by atoms with E-state index in [1.54, 1.807) is 12.0 Å². The monoisotopic (exact) mass is 380 g/mol. The van der Waals surface area contributed by atoms with Crippen LogP contribution in [-0.2, 0) is 15.0 Å². The van der Waals surface area contributed by atoms with Gasteiger partial charge in [0, 0.05) is 18.7 Å². The average molecular weight is 380 g/mol. The number of amides is 2. The van der Waals surface area contributed by atoms with E-state index in [4.69, 9.17) is 4.74 Å². The molecule has 3 rings (SSSR count). The minimum Gasteiger partial charge on any atom is -0.495 e. The van der Waals surface area contributed by atoms with Gasteiger partial charge in [-0.25, -0.2) is 0 Å². The molecule has 1 unspecified atom stereocenters. The minimum absolute atomic E-state index is 0.0203. The van der Waals surface area contributed by atoms with Crippen molar-refractivity contribution in [1.29, 1.82) is 0 Å². The Balaban J connectivity index is 1.80. The Morgan fingerprint density at radius 1 is 1.18 bits per heavy atom. The fourth-order valence-electron chi connectivity index (χ4n) is 3.61. The number of carbonyl (C=O) groups excluding carboxylic acids is 2. The molecule has 1 heterocycles. The maximum atomic E-state index is 12.9. The Morgan fingerprint density at radius 2 is 1.89 bits per heavy atom. The average Bonchev–Trinajstić information content (AvgIpc) is 3.03. The van der Waals surface area contributed by atoms with Crippen LogP contribution in [0, 0.1) is 12.8 Å². The minimum atomic E-state index is -0.397. The van der Waals surface area contributed by atoms with Gasteiger partial charge in [0.1, 0.15) is 5.75 Å². The van der Waals surface area contributed by atoms with Crippen LogP contribution in [0.25, 0.3) is 0 Å². The zero-order valence-electron chi connectivity index (χ0n) is 17.2. The van der Waals surface area contributed by atoms with Gasteiger partial charge < -0.3 is 15.0 Å². The van der Waals surface area contributed by atoms with E-state index in [-0.39, 0.29) is 23.7 Å². The van der Waals surface area contributed by atoms with Crippen molar-refractivity contribution in [3.05, 3.63) is 53.6 Å². The van der Waals surface area contributed by atoms with Crippen molar-refractivity contribution in [3.63, 3.8) is 0 Å².